The molecule has 21 heavy (non-hydrogen) atoms. The Balaban J connectivity index is 1.82. The summed E-state index contributed by atoms with van der Waals surface area (Å²) in [5.41, 5.74) is 0. The second-order valence-electron chi connectivity index (χ2n) is 5.99. The van der Waals surface area contributed by atoms with Crippen molar-refractivity contribution in [2.75, 3.05) is 26.2 Å². The lowest BCUT2D eigenvalue weighted by atomic mass is 9.87. The van der Waals surface area contributed by atoms with Gasteiger partial charge in [-0.15, -0.1) is 0 Å². The molecule has 122 valence electrons. The Bertz CT molecular complexity index is 370. The second kappa shape index (κ2) is 6.55. The first-order valence-electron chi connectivity index (χ1n) is 7.19. The maximum atomic E-state index is 11.4. The molecule has 3 rings (SSSR count). The number of piperazine rings is 1. The fraction of sp³-hybridized carbons (Fsp3) is 0.923. The smallest absolute Gasteiger partial charge is 0.220 e. The van der Waals surface area contributed by atoms with E-state index in [-0.39, 0.29) is 24.5 Å². The summed E-state index contributed by atoms with van der Waals surface area (Å²) in [6, 6.07) is 0.303. The summed E-state index contributed by atoms with van der Waals surface area (Å²) < 4.78 is 0. The van der Waals surface area contributed by atoms with Crippen molar-refractivity contribution in [1.82, 2.24) is 9.80 Å². The minimum absolute atomic E-state index is 0.0537. The number of aliphatic hydroxyl groups is 5. The van der Waals surface area contributed by atoms with Crippen molar-refractivity contribution in [3.8, 4) is 0 Å². The van der Waals surface area contributed by atoms with Gasteiger partial charge < -0.3 is 30.4 Å². The molecule has 0 spiro atoms. The molecule has 2 bridgehead atoms. The van der Waals surface area contributed by atoms with E-state index < -0.39 is 31.0 Å². The summed E-state index contributed by atoms with van der Waals surface area (Å²) in [5.74, 6) is 0.0537. The minimum atomic E-state index is -1.60. The predicted octanol–water partition coefficient (Wildman–Crippen LogP) is -3.27. The van der Waals surface area contributed by atoms with Crippen molar-refractivity contribution in [1.29, 1.82) is 0 Å². The van der Waals surface area contributed by atoms with Gasteiger partial charge in [0.25, 0.3) is 0 Å². The largest absolute Gasteiger partial charge is 0.394 e. The van der Waals surface area contributed by atoms with Gasteiger partial charge in [0.1, 0.15) is 18.3 Å². The Morgan fingerprint density at radius 2 is 1.62 bits per heavy atom. The van der Waals surface area contributed by atoms with Crippen LogP contribution in [0.4, 0.5) is 0 Å². The van der Waals surface area contributed by atoms with Crippen LogP contribution in [-0.2, 0) is 4.79 Å². The Morgan fingerprint density at radius 3 is 2.10 bits per heavy atom. The number of carbonyl (C=O) groups is 1. The molecule has 3 saturated heterocycles. The zero-order valence-electron chi connectivity index (χ0n) is 12.0. The number of hydrogen-bond donors (Lipinski definition) is 5. The Kier molecular flexibility index (Phi) is 5.18. The summed E-state index contributed by atoms with van der Waals surface area (Å²) in [6.07, 6.45) is -4.89. The SMILES string of the molecule is CC(=O)N1C2CC1CN(C[C@H](O)[C@@H](O)[C@H](O)[C@H](O)CO)C2. The van der Waals surface area contributed by atoms with Crippen molar-refractivity contribution in [3.63, 3.8) is 0 Å². The van der Waals surface area contributed by atoms with E-state index >= 15 is 0 Å². The van der Waals surface area contributed by atoms with Crippen LogP contribution in [0.25, 0.3) is 0 Å². The van der Waals surface area contributed by atoms with E-state index in [9.17, 15) is 25.2 Å². The van der Waals surface area contributed by atoms with Gasteiger partial charge in [0, 0.05) is 38.6 Å². The van der Waals surface area contributed by atoms with Gasteiger partial charge in [-0.3, -0.25) is 9.69 Å². The van der Waals surface area contributed by atoms with Gasteiger partial charge in [-0.2, -0.15) is 0 Å². The number of rotatable bonds is 6. The Morgan fingerprint density at radius 1 is 1.10 bits per heavy atom. The Labute approximate surface area is 123 Å². The predicted molar refractivity (Wildman–Crippen MR) is 72.3 cm³/mol. The first-order chi connectivity index (χ1) is 9.85. The van der Waals surface area contributed by atoms with Crippen molar-refractivity contribution < 1.29 is 30.3 Å². The van der Waals surface area contributed by atoms with Crippen LogP contribution in [0.5, 0.6) is 0 Å². The highest BCUT2D eigenvalue weighted by Crippen LogP contribution is 2.32. The monoisotopic (exact) mass is 304 g/mol. The first-order valence-corrected chi connectivity index (χ1v) is 7.19. The molecule has 3 fully saturated rings. The highest BCUT2D eigenvalue weighted by Gasteiger charge is 2.46. The van der Waals surface area contributed by atoms with Gasteiger partial charge >= 0.3 is 0 Å². The summed E-state index contributed by atoms with van der Waals surface area (Å²) in [4.78, 5) is 15.2. The van der Waals surface area contributed by atoms with E-state index in [0.29, 0.717) is 13.1 Å². The van der Waals surface area contributed by atoms with Gasteiger partial charge in [0.05, 0.1) is 12.7 Å². The maximum Gasteiger partial charge on any atom is 0.220 e. The molecule has 8 nitrogen and oxygen atoms in total. The minimum Gasteiger partial charge on any atom is -0.394 e. The number of fused-ring (bicyclic) bond motifs is 2. The summed E-state index contributed by atoms with van der Waals surface area (Å²) in [7, 11) is 0. The number of carbonyl (C=O) groups excluding carboxylic acids is 1. The summed E-state index contributed by atoms with van der Waals surface area (Å²) in [6.45, 7) is 2.25. The van der Waals surface area contributed by atoms with Crippen LogP contribution < -0.4 is 0 Å². The summed E-state index contributed by atoms with van der Waals surface area (Å²) in [5, 5.41) is 47.3. The van der Waals surface area contributed by atoms with Gasteiger partial charge in [0.15, 0.2) is 0 Å². The van der Waals surface area contributed by atoms with Gasteiger partial charge in [-0.1, -0.05) is 0 Å². The lowest BCUT2D eigenvalue weighted by Crippen LogP contribution is -2.70. The van der Waals surface area contributed by atoms with Crippen molar-refractivity contribution in [3.05, 3.63) is 0 Å². The van der Waals surface area contributed by atoms with E-state index in [1.54, 1.807) is 6.92 Å². The highest BCUT2D eigenvalue weighted by atomic mass is 16.4. The van der Waals surface area contributed by atoms with Crippen LogP contribution in [0.1, 0.15) is 13.3 Å². The normalized spacial score (nSPS) is 31.2. The summed E-state index contributed by atoms with van der Waals surface area (Å²) >= 11 is 0. The van der Waals surface area contributed by atoms with Crippen molar-refractivity contribution >= 4 is 5.91 Å². The lowest BCUT2D eigenvalue weighted by molar-refractivity contribution is -0.155. The van der Waals surface area contributed by atoms with E-state index in [0.717, 1.165) is 6.42 Å². The van der Waals surface area contributed by atoms with Crippen molar-refractivity contribution in [2.45, 2.75) is 49.8 Å². The van der Waals surface area contributed by atoms with E-state index in [4.69, 9.17) is 5.11 Å². The third kappa shape index (κ3) is 3.36. The van der Waals surface area contributed by atoms with E-state index in [2.05, 4.69) is 0 Å². The molecule has 5 N–H and O–H groups in total. The molecule has 3 aliphatic heterocycles. The van der Waals surface area contributed by atoms with Crippen LogP contribution in [-0.4, -0.2) is 104 Å². The van der Waals surface area contributed by atoms with E-state index in [1.807, 2.05) is 9.80 Å². The Hall–Kier alpha value is -0.770. The molecule has 0 aromatic carbocycles. The zero-order chi connectivity index (χ0) is 15.7. The molecule has 3 aliphatic rings. The molecule has 0 aliphatic carbocycles. The molecule has 0 radical (unpaired) electrons. The average Bonchev–Trinajstić information content (AvgIpc) is 2.43. The van der Waals surface area contributed by atoms with Gasteiger partial charge in [-0.05, 0) is 6.42 Å². The second-order valence-corrected chi connectivity index (χ2v) is 5.99. The number of aliphatic hydroxyl groups excluding tert-OH is 5. The fourth-order valence-corrected chi connectivity index (χ4v) is 3.30. The lowest BCUT2D eigenvalue weighted by Gasteiger charge is -2.56. The number of piperidine rings is 1. The van der Waals surface area contributed by atoms with Crippen LogP contribution >= 0.6 is 0 Å². The van der Waals surface area contributed by atoms with Crippen LogP contribution in [0.15, 0.2) is 0 Å². The van der Waals surface area contributed by atoms with Crippen LogP contribution in [0.2, 0.25) is 0 Å². The molecule has 1 amide bonds. The molecule has 0 aromatic rings. The molecular formula is C13H24N2O6. The van der Waals surface area contributed by atoms with Crippen molar-refractivity contribution in [2.24, 2.45) is 0 Å². The molecular weight excluding hydrogens is 280 g/mol. The molecule has 6 atom stereocenters. The standard InChI is InChI=1S/C13H24N2O6/c1-7(17)15-8-2-9(15)4-14(3-8)5-10(18)12(20)13(21)11(19)6-16/h8-13,16,18-21H,2-6H2,1H3/t8?,9?,10-,11+,12+,13+/m0/s1. The number of nitrogens with zero attached hydrogens (tertiary/aromatic N) is 2. The molecule has 0 saturated carbocycles. The van der Waals surface area contributed by atoms with E-state index in [1.165, 1.54) is 0 Å². The number of hydrogen-bond acceptors (Lipinski definition) is 7. The molecule has 8 heteroatoms. The average molecular weight is 304 g/mol. The zero-order valence-corrected chi connectivity index (χ0v) is 12.0. The maximum absolute atomic E-state index is 11.4. The third-order valence-electron chi connectivity index (χ3n) is 4.40. The van der Waals surface area contributed by atoms with Crippen LogP contribution in [0, 0.1) is 0 Å². The topological polar surface area (TPSA) is 125 Å². The van der Waals surface area contributed by atoms with Crippen LogP contribution in [0.3, 0.4) is 0 Å². The molecule has 3 heterocycles. The first kappa shape index (κ1) is 16.6. The number of amides is 1. The molecule has 2 unspecified atom stereocenters. The van der Waals surface area contributed by atoms with Gasteiger partial charge in [0.2, 0.25) is 5.91 Å². The highest BCUT2D eigenvalue weighted by molar-refractivity contribution is 5.75. The third-order valence-corrected chi connectivity index (χ3v) is 4.40. The fourth-order valence-electron chi connectivity index (χ4n) is 3.30. The quantitative estimate of drug-likeness (QED) is 0.349. The molecule has 0 aromatic heterocycles. The van der Waals surface area contributed by atoms with Gasteiger partial charge in [-0.25, -0.2) is 0 Å².